The first-order chi connectivity index (χ1) is 13.9. The van der Waals surface area contributed by atoms with E-state index in [1.54, 1.807) is 12.1 Å². The Morgan fingerprint density at radius 2 is 1.76 bits per heavy atom. The van der Waals surface area contributed by atoms with E-state index in [0.717, 1.165) is 0 Å². The van der Waals surface area contributed by atoms with Crippen molar-refractivity contribution in [3.8, 4) is 5.75 Å². The normalized spacial score (nSPS) is 13.6. The van der Waals surface area contributed by atoms with Crippen LogP contribution in [0.5, 0.6) is 5.75 Å². The maximum absolute atomic E-state index is 12.1. The standard InChI is InChI=1S/C18H18N4O7/c23-18(12-29-15-4-2-14(3-5-15)21(24)25)19-13-1-6-16(17(11-13)22(26)27)20-7-9-28-10-8-20/h1-6,11H,7-10,12H2,(H,19,23). The highest BCUT2D eigenvalue weighted by Gasteiger charge is 2.22. The number of nitrogens with one attached hydrogen (secondary N) is 1. The van der Waals surface area contributed by atoms with Crippen molar-refractivity contribution < 1.29 is 24.1 Å². The Balaban J connectivity index is 1.62. The molecule has 1 amide bonds. The van der Waals surface area contributed by atoms with Gasteiger partial charge in [-0.15, -0.1) is 0 Å². The summed E-state index contributed by atoms with van der Waals surface area (Å²) < 4.78 is 10.5. The Morgan fingerprint density at radius 1 is 1.07 bits per heavy atom. The van der Waals surface area contributed by atoms with Gasteiger partial charge in [0, 0.05) is 37.0 Å². The minimum Gasteiger partial charge on any atom is -0.484 e. The first-order valence-electron chi connectivity index (χ1n) is 8.72. The lowest BCUT2D eigenvalue weighted by molar-refractivity contribution is -0.384. The van der Waals surface area contributed by atoms with Gasteiger partial charge in [-0.25, -0.2) is 0 Å². The van der Waals surface area contributed by atoms with E-state index in [0.29, 0.717) is 37.7 Å². The maximum Gasteiger partial charge on any atom is 0.294 e. The number of nitro benzene ring substituents is 2. The van der Waals surface area contributed by atoms with Crippen LogP contribution in [0.2, 0.25) is 0 Å². The van der Waals surface area contributed by atoms with E-state index in [4.69, 9.17) is 9.47 Å². The molecule has 0 saturated carbocycles. The Bertz CT molecular complexity index is 911. The highest BCUT2D eigenvalue weighted by Crippen LogP contribution is 2.31. The number of non-ortho nitro benzene ring substituents is 1. The molecule has 0 radical (unpaired) electrons. The molecule has 1 N–H and O–H groups in total. The van der Waals surface area contributed by atoms with E-state index >= 15 is 0 Å². The van der Waals surface area contributed by atoms with Crippen molar-refractivity contribution in [1.29, 1.82) is 0 Å². The van der Waals surface area contributed by atoms with Crippen LogP contribution in [0.15, 0.2) is 42.5 Å². The summed E-state index contributed by atoms with van der Waals surface area (Å²) in [7, 11) is 0. The van der Waals surface area contributed by atoms with Crippen molar-refractivity contribution in [2.45, 2.75) is 0 Å². The number of nitrogens with zero attached hydrogens (tertiary/aromatic N) is 3. The summed E-state index contributed by atoms with van der Waals surface area (Å²) in [6.07, 6.45) is 0. The second kappa shape index (κ2) is 8.97. The molecule has 11 heteroatoms. The van der Waals surface area contributed by atoms with Crippen LogP contribution in [0.3, 0.4) is 0 Å². The first-order valence-corrected chi connectivity index (χ1v) is 8.72. The highest BCUT2D eigenvalue weighted by atomic mass is 16.6. The summed E-state index contributed by atoms with van der Waals surface area (Å²) in [5.74, 6) is -0.226. The molecular formula is C18H18N4O7. The maximum atomic E-state index is 12.1. The zero-order valence-corrected chi connectivity index (χ0v) is 15.3. The van der Waals surface area contributed by atoms with Crippen LogP contribution in [0, 0.1) is 20.2 Å². The molecule has 152 valence electrons. The summed E-state index contributed by atoms with van der Waals surface area (Å²) in [5.41, 5.74) is 0.542. The molecule has 1 aliphatic rings. The fourth-order valence-electron chi connectivity index (χ4n) is 2.83. The Hall–Kier alpha value is -3.73. The van der Waals surface area contributed by atoms with Gasteiger partial charge in [0.15, 0.2) is 6.61 Å². The SMILES string of the molecule is O=C(COc1ccc([N+](=O)[O-])cc1)Nc1ccc(N2CCOCC2)c([N+](=O)[O-])c1. The van der Waals surface area contributed by atoms with Crippen molar-refractivity contribution in [1.82, 2.24) is 0 Å². The number of amides is 1. The van der Waals surface area contributed by atoms with Crippen molar-refractivity contribution in [2.75, 3.05) is 43.1 Å². The van der Waals surface area contributed by atoms with Crippen LogP contribution in [-0.2, 0) is 9.53 Å². The molecule has 1 fully saturated rings. The average Bonchev–Trinajstić information content (AvgIpc) is 2.73. The number of benzene rings is 2. The van der Waals surface area contributed by atoms with Gasteiger partial charge in [-0.05, 0) is 24.3 Å². The van der Waals surface area contributed by atoms with Gasteiger partial charge in [0.05, 0.1) is 23.1 Å². The lowest BCUT2D eigenvalue weighted by atomic mass is 10.2. The number of ether oxygens (including phenoxy) is 2. The molecule has 0 bridgehead atoms. The monoisotopic (exact) mass is 402 g/mol. The van der Waals surface area contributed by atoms with Crippen molar-refractivity contribution in [3.05, 3.63) is 62.7 Å². The van der Waals surface area contributed by atoms with Crippen LogP contribution in [0.25, 0.3) is 0 Å². The molecule has 0 atom stereocenters. The second-order valence-electron chi connectivity index (χ2n) is 6.15. The van der Waals surface area contributed by atoms with Gasteiger partial charge in [0.25, 0.3) is 17.3 Å². The van der Waals surface area contributed by atoms with Crippen LogP contribution < -0.4 is 15.0 Å². The van der Waals surface area contributed by atoms with Crippen LogP contribution in [0.1, 0.15) is 0 Å². The molecule has 29 heavy (non-hydrogen) atoms. The van der Waals surface area contributed by atoms with Crippen molar-refractivity contribution in [2.24, 2.45) is 0 Å². The average molecular weight is 402 g/mol. The molecule has 0 aliphatic carbocycles. The van der Waals surface area contributed by atoms with Crippen LogP contribution in [-0.4, -0.2) is 48.7 Å². The smallest absolute Gasteiger partial charge is 0.294 e. The van der Waals surface area contributed by atoms with Gasteiger partial charge in [-0.1, -0.05) is 0 Å². The molecule has 2 aromatic carbocycles. The summed E-state index contributed by atoms with van der Waals surface area (Å²) in [5, 5.41) is 24.6. The molecule has 0 unspecified atom stereocenters. The molecular weight excluding hydrogens is 384 g/mol. The number of morpholine rings is 1. The minimum atomic E-state index is -0.538. The highest BCUT2D eigenvalue weighted by molar-refractivity contribution is 5.92. The van der Waals surface area contributed by atoms with Gasteiger partial charge >= 0.3 is 0 Å². The molecule has 1 aliphatic heterocycles. The summed E-state index contributed by atoms with van der Waals surface area (Å²) in [4.78, 5) is 35.0. The summed E-state index contributed by atoms with van der Waals surface area (Å²) in [6.45, 7) is 1.74. The van der Waals surface area contributed by atoms with E-state index in [-0.39, 0.29) is 23.7 Å². The quantitative estimate of drug-likeness (QED) is 0.550. The van der Waals surface area contributed by atoms with Crippen molar-refractivity contribution >= 4 is 28.7 Å². The third-order valence-electron chi connectivity index (χ3n) is 4.23. The zero-order valence-electron chi connectivity index (χ0n) is 15.3. The van der Waals surface area contributed by atoms with E-state index < -0.39 is 15.8 Å². The fourth-order valence-corrected chi connectivity index (χ4v) is 2.83. The first kappa shape index (κ1) is 20.0. The third kappa shape index (κ3) is 5.17. The molecule has 11 nitrogen and oxygen atoms in total. The molecule has 0 spiro atoms. The number of anilines is 2. The number of hydrogen-bond acceptors (Lipinski definition) is 8. The molecule has 3 rings (SSSR count). The van der Waals surface area contributed by atoms with Gasteiger partial charge in [-0.2, -0.15) is 0 Å². The number of nitro groups is 2. The van der Waals surface area contributed by atoms with Crippen LogP contribution in [0.4, 0.5) is 22.7 Å². The Kier molecular flexibility index (Phi) is 6.19. The largest absolute Gasteiger partial charge is 0.484 e. The minimum absolute atomic E-state index is 0.0885. The molecule has 2 aromatic rings. The van der Waals surface area contributed by atoms with E-state index in [2.05, 4.69) is 5.32 Å². The second-order valence-corrected chi connectivity index (χ2v) is 6.15. The zero-order chi connectivity index (χ0) is 20.8. The fraction of sp³-hybridized carbons (Fsp3) is 0.278. The topological polar surface area (TPSA) is 137 Å². The summed E-state index contributed by atoms with van der Waals surface area (Å²) in [6, 6.07) is 9.77. The van der Waals surface area contributed by atoms with Gasteiger partial charge in [-0.3, -0.25) is 25.0 Å². The molecule has 0 aromatic heterocycles. The number of rotatable bonds is 7. The van der Waals surface area contributed by atoms with Crippen molar-refractivity contribution in [3.63, 3.8) is 0 Å². The Labute approximate surface area is 165 Å². The van der Waals surface area contributed by atoms with Crippen LogP contribution >= 0.6 is 0 Å². The predicted molar refractivity (Wildman–Crippen MR) is 103 cm³/mol. The van der Waals surface area contributed by atoms with Gasteiger partial charge < -0.3 is 19.7 Å². The van der Waals surface area contributed by atoms with E-state index in [1.165, 1.54) is 30.3 Å². The lowest BCUT2D eigenvalue weighted by Gasteiger charge is -2.28. The van der Waals surface area contributed by atoms with E-state index in [9.17, 15) is 25.0 Å². The number of hydrogen-bond donors (Lipinski definition) is 1. The number of carbonyl (C=O) groups excluding carboxylic acids is 1. The van der Waals surface area contributed by atoms with E-state index in [1.807, 2.05) is 4.90 Å². The third-order valence-corrected chi connectivity index (χ3v) is 4.23. The molecule has 1 saturated heterocycles. The van der Waals surface area contributed by atoms with Gasteiger partial charge in [0.2, 0.25) is 0 Å². The summed E-state index contributed by atoms with van der Waals surface area (Å²) >= 11 is 0. The predicted octanol–water partition coefficient (Wildman–Crippen LogP) is 2.36. The lowest BCUT2D eigenvalue weighted by Crippen LogP contribution is -2.36. The molecule has 1 heterocycles. The Morgan fingerprint density at radius 3 is 2.38 bits per heavy atom. The number of carbonyl (C=O) groups is 1. The van der Waals surface area contributed by atoms with Gasteiger partial charge in [0.1, 0.15) is 11.4 Å².